The minimum Gasteiger partial charge on any atom is -0.377 e. The molecule has 0 aromatic carbocycles. The quantitative estimate of drug-likeness (QED) is 0.386. The maximum atomic E-state index is 5.98. The average molecular weight is 236 g/mol. The van der Waals surface area contributed by atoms with Gasteiger partial charge in [0.2, 0.25) is 0 Å². The molecule has 0 bridgehead atoms. The zero-order valence-electron chi connectivity index (χ0n) is 11.6. The van der Waals surface area contributed by atoms with Gasteiger partial charge in [0.05, 0.1) is 6.10 Å². The van der Waals surface area contributed by atoms with E-state index in [9.17, 15) is 0 Å². The predicted molar refractivity (Wildman–Crippen MR) is 73.9 cm³/mol. The van der Waals surface area contributed by atoms with Crippen molar-refractivity contribution in [3.05, 3.63) is 0 Å². The summed E-state index contributed by atoms with van der Waals surface area (Å²) in [6.07, 6.45) is 11.5. The van der Waals surface area contributed by atoms with Gasteiger partial charge in [-0.2, -0.15) is 0 Å². The summed E-state index contributed by atoms with van der Waals surface area (Å²) in [7, 11) is 0. The van der Waals surface area contributed by atoms with Crippen LogP contribution in [0.15, 0.2) is 0 Å². The van der Waals surface area contributed by atoms with E-state index >= 15 is 0 Å². The summed E-state index contributed by atoms with van der Waals surface area (Å²) in [5.74, 6) is 7.34. The van der Waals surface area contributed by atoms with E-state index in [4.69, 9.17) is 4.74 Å². The molecule has 0 N–H and O–H groups in total. The van der Waals surface area contributed by atoms with E-state index in [1.807, 2.05) is 0 Å². The maximum absolute atomic E-state index is 5.98. The van der Waals surface area contributed by atoms with Gasteiger partial charge in [-0.15, -0.1) is 5.92 Å². The Morgan fingerprint density at radius 1 is 1.06 bits per heavy atom. The highest BCUT2D eigenvalue weighted by Crippen LogP contribution is 2.25. The molecule has 17 heavy (non-hydrogen) atoms. The Bertz CT molecular complexity index is 236. The molecule has 1 heteroatoms. The molecule has 98 valence electrons. The van der Waals surface area contributed by atoms with Crippen LogP contribution in [0.25, 0.3) is 0 Å². The number of unbranched alkanes of at least 4 members (excludes halogenated alkanes) is 2. The lowest BCUT2D eigenvalue weighted by atomic mass is 9.97. The molecule has 2 atom stereocenters. The zero-order chi connectivity index (χ0) is 12.3. The lowest BCUT2D eigenvalue weighted by Crippen LogP contribution is -2.22. The molecule has 0 unspecified atom stereocenters. The highest BCUT2D eigenvalue weighted by Gasteiger charge is 2.22. The molecule has 0 saturated heterocycles. The number of ether oxygens (including phenoxy) is 1. The lowest BCUT2D eigenvalue weighted by molar-refractivity contribution is 0.0241. The van der Waals surface area contributed by atoms with Crippen molar-refractivity contribution in [2.75, 3.05) is 6.61 Å². The standard InChI is InChI=1S/C16H28O/c1-3-5-6-8-11-15-12-9-7-10-13-16(15)17-14-4-2/h15-16H,3-7,9-10,12-14H2,1-2H3/t15-,16-/m1/s1. The summed E-state index contributed by atoms with van der Waals surface area (Å²) in [5, 5.41) is 0. The third-order valence-electron chi connectivity index (χ3n) is 3.43. The molecule has 1 aliphatic carbocycles. The highest BCUT2D eigenvalue weighted by atomic mass is 16.5. The lowest BCUT2D eigenvalue weighted by Gasteiger charge is -2.21. The number of rotatable bonds is 5. The molecule has 0 radical (unpaired) electrons. The number of hydrogen-bond acceptors (Lipinski definition) is 1. The average Bonchev–Trinajstić information content (AvgIpc) is 2.57. The monoisotopic (exact) mass is 236 g/mol. The van der Waals surface area contributed by atoms with Gasteiger partial charge in [-0.1, -0.05) is 45.5 Å². The first kappa shape index (κ1) is 14.6. The van der Waals surface area contributed by atoms with Crippen LogP contribution in [0.4, 0.5) is 0 Å². The Kier molecular flexibility index (Phi) is 8.18. The second-order valence-electron chi connectivity index (χ2n) is 5.08. The van der Waals surface area contributed by atoms with E-state index < -0.39 is 0 Å². The second-order valence-corrected chi connectivity index (χ2v) is 5.08. The van der Waals surface area contributed by atoms with Gasteiger partial charge >= 0.3 is 0 Å². The van der Waals surface area contributed by atoms with E-state index in [1.54, 1.807) is 0 Å². The molecule has 1 saturated carbocycles. The van der Waals surface area contributed by atoms with Gasteiger partial charge in [0, 0.05) is 18.9 Å². The second kappa shape index (κ2) is 9.54. The summed E-state index contributed by atoms with van der Waals surface area (Å²) >= 11 is 0. The van der Waals surface area contributed by atoms with Gasteiger partial charge in [0.15, 0.2) is 0 Å². The van der Waals surface area contributed by atoms with Crippen LogP contribution >= 0.6 is 0 Å². The molecule has 0 aliphatic heterocycles. The summed E-state index contributed by atoms with van der Waals surface area (Å²) in [5.41, 5.74) is 0. The van der Waals surface area contributed by atoms with Crippen LogP contribution in [0.3, 0.4) is 0 Å². The molecular formula is C16H28O. The molecular weight excluding hydrogens is 208 g/mol. The smallest absolute Gasteiger partial charge is 0.0712 e. The van der Waals surface area contributed by atoms with E-state index in [0.717, 1.165) is 19.4 Å². The van der Waals surface area contributed by atoms with Crippen LogP contribution in [0.1, 0.15) is 71.6 Å². The Labute approximate surface area is 107 Å². The summed E-state index contributed by atoms with van der Waals surface area (Å²) in [4.78, 5) is 0. The molecule has 0 spiro atoms. The van der Waals surface area contributed by atoms with Crippen molar-refractivity contribution in [1.29, 1.82) is 0 Å². The fraction of sp³-hybridized carbons (Fsp3) is 0.875. The van der Waals surface area contributed by atoms with Crippen molar-refractivity contribution < 1.29 is 4.74 Å². The summed E-state index contributed by atoms with van der Waals surface area (Å²) in [6.45, 7) is 5.30. The van der Waals surface area contributed by atoms with Crippen molar-refractivity contribution in [3.63, 3.8) is 0 Å². The largest absolute Gasteiger partial charge is 0.377 e. The molecule has 1 fully saturated rings. The van der Waals surface area contributed by atoms with Crippen LogP contribution in [-0.2, 0) is 4.74 Å². The fourth-order valence-corrected chi connectivity index (χ4v) is 2.38. The minimum absolute atomic E-state index is 0.409. The van der Waals surface area contributed by atoms with Crippen LogP contribution in [0.5, 0.6) is 0 Å². The van der Waals surface area contributed by atoms with Crippen molar-refractivity contribution in [3.8, 4) is 11.8 Å². The number of hydrogen-bond donors (Lipinski definition) is 0. The third kappa shape index (κ3) is 6.13. The normalized spacial score (nSPS) is 24.8. The molecule has 0 aromatic heterocycles. The first-order valence-electron chi connectivity index (χ1n) is 7.48. The maximum Gasteiger partial charge on any atom is 0.0712 e. The zero-order valence-corrected chi connectivity index (χ0v) is 11.6. The van der Waals surface area contributed by atoms with Crippen LogP contribution in [0, 0.1) is 17.8 Å². The van der Waals surface area contributed by atoms with E-state index in [0.29, 0.717) is 12.0 Å². The van der Waals surface area contributed by atoms with Crippen molar-refractivity contribution in [1.82, 2.24) is 0 Å². The SMILES string of the molecule is CCCCC#C[C@@H]1CCCCC[C@H]1OCCC. The Morgan fingerprint density at radius 2 is 1.88 bits per heavy atom. The van der Waals surface area contributed by atoms with Crippen molar-refractivity contribution in [2.45, 2.75) is 77.7 Å². The molecule has 0 aromatic rings. The Morgan fingerprint density at radius 3 is 2.65 bits per heavy atom. The minimum atomic E-state index is 0.409. The van der Waals surface area contributed by atoms with Gasteiger partial charge < -0.3 is 4.74 Å². The van der Waals surface area contributed by atoms with Gasteiger partial charge in [0.1, 0.15) is 0 Å². The first-order valence-corrected chi connectivity index (χ1v) is 7.48. The highest BCUT2D eigenvalue weighted by molar-refractivity contribution is 5.06. The summed E-state index contributed by atoms with van der Waals surface area (Å²) in [6, 6.07) is 0. The van der Waals surface area contributed by atoms with Crippen LogP contribution in [0.2, 0.25) is 0 Å². The Hall–Kier alpha value is -0.480. The predicted octanol–water partition coefficient (Wildman–Crippen LogP) is 4.56. The van der Waals surface area contributed by atoms with E-state index in [2.05, 4.69) is 25.7 Å². The van der Waals surface area contributed by atoms with Crippen LogP contribution in [-0.4, -0.2) is 12.7 Å². The topological polar surface area (TPSA) is 9.23 Å². The third-order valence-corrected chi connectivity index (χ3v) is 3.43. The van der Waals surface area contributed by atoms with Gasteiger partial charge in [-0.3, -0.25) is 0 Å². The molecule has 1 aliphatic rings. The van der Waals surface area contributed by atoms with Gasteiger partial charge in [-0.05, 0) is 25.7 Å². The van der Waals surface area contributed by atoms with E-state index in [-0.39, 0.29) is 0 Å². The van der Waals surface area contributed by atoms with Crippen molar-refractivity contribution >= 4 is 0 Å². The van der Waals surface area contributed by atoms with Crippen LogP contribution < -0.4 is 0 Å². The molecule has 1 rings (SSSR count). The van der Waals surface area contributed by atoms with Gasteiger partial charge in [-0.25, -0.2) is 0 Å². The Balaban J connectivity index is 2.45. The fourth-order valence-electron chi connectivity index (χ4n) is 2.38. The molecule has 0 heterocycles. The first-order chi connectivity index (χ1) is 8.38. The molecule has 1 nitrogen and oxygen atoms in total. The van der Waals surface area contributed by atoms with Gasteiger partial charge in [0.25, 0.3) is 0 Å². The van der Waals surface area contributed by atoms with Crippen molar-refractivity contribution in [2.24, 2.45) is 5.92 Å². The van der Waals surface area contributed by atoms with E-state index in [1.165, 1.54) is 44.9 Å². The summed E-state index contributed by atoms with van der Waals surface area (Å²) < 4.78 is 5.98. The molecule has 0 amide bonds.